The van der Waals surface area contributed by atoms with Crippen LogP contribution in [-0.2, 0) is 11.4 Å². The number of pyridine rings is 1. The van der Waals surface area contributed by atoms with E-state index in [9.17, 15) is 14.7 Å². The number of aryl methyl sites for hydroxylation is 1. The van der Waals surface area contributed by atoms with E-state index >= 15 is 0 Å². The van der Waals surface area contributed by atoms with Gasteiger partial charge in [0.1, 0.15) is 11.8 Å². The van der Waals surface area contributed by atoms with E-state index in [0.29, 0.717) is 30.5 Å². The molecule has 0 saturated carbocycles. The molecule has 1 rings (SSSR count). The fraction of sp³-hybridized carbons (Fsp3) is 0.500. The quantitative estimate of drug-likeness (QED) is 0.345. The Kier molecular flexibility index (Phi) is 9.68. The van der Waals surface area contributed by atoms with Gasteiger partial charge >= 0.3 is 5.97 Å². The molecule has 1 heterocycles. The second kappa shape index (κ2) is 10.7. The van der Waals surface area contributed by atoms with Crippen LogP contribution in [0.25, 0.3) is 0 Å². The lowest BCUT2D eigenvalue weighted by Crippen LogP contribution is -2.29. The Morgan fingerprint density at radius 2 is 2.09 bits per heavy atom. The van der Waals surface area contributed by atoms with Crippen molar-refractivity contribution in [1.82, 2.24) is 4.98 Å². The van der Waals surface area contributed by atoms with Crippen LogP contribution < -0.4 is 11.5 Å². The Morgan fingerprint density at radius 3 is 2.55 bits per heavy atom. The van der Waals surface area contributed by atoms with Crippen LogP contribution >= 0.6 is 0 Å². The maximum absolute atomic E-state index is 10.5. The number of aliphatic carboxylic acids is 1. The van der Waals surface area contributed by atoms with Crippen LogP contribution in [0.3, 0.4) is 0 Å². The molecule has 124 valence electrons. The van der Waals surface area contributed by atoms with Crippen molar-refractivity contribution in [1.29, 1.82) is 0 Å². The summed E-state index contributed by atoms with van der Waals surface area (Å²) < 4.78 is 0. The number of aromatic hydroxyl groups is 1. The molecule has 0 aromatic carbocycles. The van der Waals surface area contributed by atoms with Crippen LogP contribution in [-0.4, -0.2) is 45.1 Å². The molecule has 0 bridgehead atoms. The average molecular weight is 313 g/mol. The maximum Gasteiger partial charge on any atom is 0.320 e. The molecule has 0 saturated heterocycles. The minimum Gasteiger partial charge on any atom is -0.505 e. The summed E-state index contributed by atoms with van der Waals surface area (Å²) >= 11 is 0. The Labute approximate surface area is 128 Å². The number of nitrogens with zero attached hydrogens (tertiary/aromatic N) is 1. The molecule has 7 N–H and O–H groups in total. The first-order valence-corrected chi connectivity index (χ1v) is 6.80. The highest BCUT2D eigenvalue weighted by atomic mass is 16.4. The van der Waals surface area contributed by atoms with Crippen molar-refractivity contribution in [3.05, 3.63) is 23.0 Å². The summed E-state index contributed by atoms with van der Waals surface area (Å²) in [6.45, 7) is 1.89. The molecule has 0 aliphatic heterocycles. The second-order valence-electron chi connectivity index (χ2n) is 4.64. The number of nitrogens with two attached hydrogens (primary N) is 2. The number of unbranched alkanes of at least 4 members (excludes halogenated alkanes) is 1. The fourth-order valence-corrected chi connectivity index (χ4v) is 1.54. The van der Waals surface area contributed by atoms with Gasteiger partial charge in [-0.25, -0.2) is 0 Å². The second-order valence-corrected chi connectivity index (χ2v) is 4.64. The Bertz CT molecular complexity index is 494. The van der Waals surface area contributed by atoms with E-state index in [0.717, 1.165) is 12.8 Å². The summed E-state index contributed by atoms with van der Waals surface area (Å²) in [6, 6.07) is -0.716. The Morgan fingerprint density at radius 1 is 1.45 bits per heavy atom. The van der Waals surface area contributed by atoms with E-state index in [1.165, 1.54) is 6.20 Å². The maximum atomic E-state index is 10.5. The molecule has 0 fully saturated rings. The van der Waals surface area contributed by atoms with Gasteiger partial charge in [-0.2, -0.15) is 0 Å². The highest BCUT2D eigenvalue weighted by molar-refractivity contribution is 5.81. The minimum atomic E-state index is -0.933. The molecule has 1 aromatic rings. The molecule has 8 heteroatoms. The summed E-state index contributed by atoms with van der Waals surface area (Å²) in [5.41, 5.74) is 11.3. The first-order valence-electron chi connectivity index (χ1n) is 6.80. The summed E-state index contributed by atoms with van der Waals surface area (Å²) in [6.07, 6.45) is 4.05. The molecule has 8 nitrogen and oxygen atoms in total. The molecular formula is C14H23N3O5. The van der Waals surface area contributed by atoms with Gasteiger partial charge in [-0.15, -0.1) is 0 Å². The molecular weight excluding hydrogens is 290 g/mol. The highest BCUT2D eigenvalue weighted by Crippen LogP contribution is 2.21. The minimum absolute atomic E-state index is 0.116. The topological polar surface area (TPSA) is 160 Å². The van der Waals surface area contributed by atoms with E-state index in [1.54, 1.807) is 6.92 Å². The monoisotopic (exact) mass is 313 g/mol. The van der Waals surface area contributed by atoms with Crippen molar-refractivity contribution in [2.24, 2.45) is 11.5 Å². The zero-order valence-electron chi connectivity index (χ0n) is 12.5. The molecule has 0 spiro atoms. The number of carboxylic acids is 1. The molecule has 0 unspecified atom stereocenters. The number of aldehydes is 1. The number of carbonyl (C=O) groups is 2. The number of aliphatic hydroxyl groups is 1. The molecule has 0 aliphatic rings. The number of aliphatic hydroxyl groups excluding tert-OH is 1. The average Bonchev–Trinajstić information content (AvgIpc) is 2.50. The highest BCUT2D eigenvalue weighted by Gasteiger charge is 2.10. The van der Waals surface area contributed by atoms with Crippen molar-refractivity contribution in [3.8, 4) is 5.75 Å². The number of hydrogen-bond acceptors (Lipinski definition) is 7. The molecule has 0 aliphatic carbocycles. The first-order chi connectivity index (χ1) is 10.4. The lowest BCUT2D eigenvalue weighted by Gasteiger charge is -2.04. The van der Waals surface area contributed by atoms with Crippen molar-refractivity contribution < 1.29 is 24.9 Å². The van der Waals surface area contributed by atoms with Crippen molar-refractivity contribution in [2.75, 3.05) is 6.54 Å². The first kappa shape index (κ1) is 20.0. The van der Waals surface area contributed by atoms with E-state index in [4.69, 9.17) is 21.7 Å². The summed E-state index contributed by atoms with van der Waals surface area (Å²) in [4.78, 5) is 24.4. The third-order valence-electron chi connectivity index (χ3n) is 2.93. The summed E-state index contributed by atoms with van der Waals surface area (Å²) in [7, 11) is 0. The Hall–Kier alpha value is -2.03. The van der Waals surface area contributed by atoms with E-state index in [1.807, 2.05) is 0 Å². The van der Waals surface area contributed by atoms with Crippen LogP contribution in [0.4, 0.5) is 0 Å². The predicted molar refractivity (Wildman–Crippen MR) is 80.5 cm³/mol. The van der Waals surface area contributed by atoms with Crippen molar-refractivity contribution in [3.63, 3.8) is 0 Å². The van der Waals surface area contributed by atoms with Gasteiger partial charge in [-0.1, -0.05) is 6.42 Å². The molecule has 22 heavy (non-hydrogen) atoms. The number of carboxylic acid groups (broad SMARTS) is 1. The third kappa shape index (κ3) is 6.61. The van der Waals surface area contributed by atoms with Gasteiger partial charge in [0.25, 0.3) is 0 Å². The number of rotatable bonds is 7. The third-order valence-corrected chi connectivity index (χ3v) is 2.93. The summed E-state index contributed by atoms with van der Waals surface area (Å²) in [5.74, 6) is -1.09. The van der Waals surface area contributed by atoms with Gasteiger partial charge in [-0.05, 0) is 26.3 Å². The standard InChI is InChI=1S/C8H9NO3.C6H14N2O2/c1-5-8(12)7(4-11)6(3-10)2-9-5;7-4-2-1-3-5(8)6(9)10/h2,4,10,12H,3H2,1H3;5H,1-4,7-8H2,(H,9,10)/t;5-/m.0/s1. The van der Waals surface area contributed by atoms with Crippen LogP contribution in [0, 0.1) is 6.92 Å². The van der Waals surface area contributed by atoms with Gasteiger partial charge < -0.3 is 26.8 Å². The van der Waals surface area contributed by atoms with Crippen molar-refractivity contribution >= 4 is 12.3 Å². The lowest BCUT2D eigenvalue weighted by atomic mass is 10.1. The number of aromatic nitrogens is 1. The van der Waals surface area contributed by atoms with Crippen LogP contribution in [0.5, 0.6) is 5.75 Å². The Balaban J connectivity index is 0.000000409. The zero-order chi connectivity index (χ0) is 17.1. The smallest absolute Gasteiger partial charge is 0.320 e. The van der Waals surface area contributed by atoms with Gasteiger partial charge in [-0.3, -0.25) is 14.6 Å². The van der Waals surface area contributed by atoms with Gasteiger partial charge in [0.2, 0.25) is 0 Å². The van der Waals surface area contributed by atoms with Gasteiger partial charge in [0, 0.05) is 11.8 Å². The fourth-order valence-electron chi connectivity index (χ4n) is 1.54. The van der Waals surface area contributed by atoms with Crippen LogP contribution in [0.2, 0.25) is 0 Å². The van der Waals surface area contributed by atoms with Gasteiger partial charge in [0.15, 0.2) is 6.29 Å². The summed E-state index contributed by atoms with van der Waals surface area (Å²) in [5, 5.41) is 26.4. The molecule has 0 amide bonds. The predicted octanol–water partition coefficient (Wildman–Crippen LogP) is -0.0723. The molecule has 1 atom stereocenters. The van der Waals surface area contributed by atoms with Gasteiger partial charge in [0.05, 0.1) is 17.9 Å². The van der Waals surface area contributed by atoms with Crippen LogP contribution in [0.1, 0.15) is 40.9 Å². The largest absolute Gasteiger partial charge is 0.505 e. The molecule has 1 aromatic heterocycles. The number of hydrogen-bond donors (Lipinski definition) is 5. The zero-order valence-corrected chi connectivity index (χ0v) is 12.5. The lowest BCUT2D eigenvalue weighted by molar-refractivity contribution is -0.138. The van der Waals surface area contributed by atoms with E-state index < -0.39 is 12.0 Å². The van der Waals surface area contributed by atoms with E-state index in [-0.39, 0.29) is 17.9 Å². The molecule has 0 radical (unpaired) electrons. The van der Waals surface area contributed by atoms with Crippen LogP contribution in [0.15, 0.2) is 6.20 Å². The normalized spacial score (nSPS) is 11.3. The van der Waals surface area contributed by atoms with E-state index in [2.05, 4.69) is 4.98 Å². The van der Waals surface area contributed by atoms with Crippen molar-refractivity contribution in [2.45, 2.75) is 38.8 Å². The number of carbonyl (C=O) groups excluding carboxylic acids is 1. The SMILES string of the molecule is Cc1ncc(CO)c(C=O)c1O.NCCCC[C@H](N)C(=O)O.